The summed E-state index contributed by atoms with van der Waals surface area (Å²) in [7, 11) is 0. The smallest absolute Gasteiger partial charge is 0.407 e. The molecule has 0 spiro atoms. The standard InChI is InChI=1S/C18H18N2O3/c21-18(22)20-10-13-6-9-23-17-14(12-4-7-19-8-5-12)2-1-3-15(17)16(13)11-20/h1-5,7-8,13,16H,6,9-11H2,(H,21,22)/t13-,16-/m0/s1. The highest BCUT2D eigenvalue weighted by molar-refractivity contribution is 5.73. The number of para-hydroxylation sites is 1. The molecule has 5 nitrogen and oxygen atoms in total. The molecule has 2 aromatic rings. The molecular formula is C18H18N2O3. The van der Waals surface area contributed by atoms with Crippen LogP contribution in [0.5, 0.6) is 5.75 Å². The molecule has 1 N–H and O–H groups in total. The number of nitrogens with zero attached hydrogens (tertiary/aromatic N) is 2. The summed E-state index contributed by atoms with van der Waals surface area (Å²) in [5.41, 5.74) is 3.26. The van der Waals surface area contributed by atoms with Crippen molar-refractivity contribution in [2.45, 2.75) is 12.3 Å². The molecule has 1 aromatic carbocycles. The molecule has 0 aliphatic carbocycles. The van der Waals surface area contributed by atoms with Crippen LogP contribution < -0.4 is 4.74 Å². The molecule has 3 heterocycles. The van der Waals surface area contributed by atoms with Crippen LogP contribution in [-0.4, -0.2) is 40.8 Å². The maximum atomic E-state index is 11.3. The second-order valence-electron chi connectivity index (χ2n) is 6.15. The molecule has 5 heteroatoms. The first-order chi connectivity index (χ1) is 11.2. The summed E-state index contributed by atoms with van der Waals surface area (Å²) < 4.78 is 6.08. The number of benzene rings is 1. The van der Waals surface area contributed by atoms with E-state index in [4.69, 9.17) is 4.74 Å². The summed E-state index contributed by atoms with van der Waals surface area (Å²) in [6.07, 6.45) is 3.61. The number of carbonyl (C=O) groups is 1. The number of hydrogen-bond donors (Lipinski definition) is 1. The van der Waals surface area contributed by atoms with Gasteiger partial charge in [0.25, 0.3) is 0 Å². The van der Waals surface area contributed by atoms with Crippen LogP contribution in [0.2, 0.25) is 0 Å². The zero-order chi connectivity index (χ0) is 15.8. The third kappa shape index (κ3) is 2.42. The van der Waals surface area contributed by atoms with Gasteiger partial charge in [0.2, 0.25) is 0 Å². The van der Waals surface area contributed by atoms with E-state index in [-0.39, 0.29) is 5.92 Å². The van der Waals surface area contributed by atoms with Gasteiger partial charge in [0.15, 0.2) is 0 Å². The van der Waals surface area contributed by atoms with Crippen molar-refractivity contribution in [1.29, 1.82) is 0 Å². The van der Waals surface area contributed by atoms with E-state index in [0.29, 0.717) is 25.6 Å². The number of amides is 1. The second kappa shape index (κ2) is 5.57. The van der Waals surface area contributed by atoms with Gasteiger partial charge in [-0.05, 0) is 35.6 Å². The maximum absolute atomic E-state index is 11.3. The zero-order valence-corrected chi connectivity index (χ0v) is 12.7. The highest BCUT2D eigenvalue weighted by Gasteiger charge is 2.39. The van der Waals surface area contributed by atoms with E-state index in [1.165, 1.54) is 4.90 Å². The van der Waals surface area contributed by atoms with E-state index in [2.05, 4.69) is 17.1 Å². The predicted molar refractivity (Wildman–Crippen MR) is 85.6 cm³/mol. The Morgan fingerprint density at radius 2 is 2.04 bits per heavy atom. The van der Waals surface area contributed by atoms with Crippen molar-refractivity contribution in [3.8, 4) is 16.9 Å². The van der Waals surface area contributed by atoms with Gasteiger partial charge in [-0.25, -0.2) is 4.79 Å². The molecule has 1 fully saturated rings. The summed E-state index contributed by atoms with van der Waals surface area (Å²) in [6.45, 7) is 1.78. The Morgan fingerprint density at radius 1 is 1.22 bits per heavy atom. The van der Waals surface area contributed by atoms with Crippen molar-refractivity contribution < 1.29 is 14.6 Å². The van der Waals surface area contributed by atoms with E-state index < -0.39 is 6.09 Å². The lowest BCUT2D eigenvalue weighted by atomic mass is 9.86. The minimum atomic E-state index is -0.828. The topological polar surface area (TPSA) is 62.7 Å². The zero-order valence-electron chi connectivity index (χ0n) is 12.7. The fraction of sp³-hybridized carbons (Fsp3) is 0.333. The number of likely N-dealkylation sites (tertiary alicyclic amines) is 1. The Labute approximate surface area is 134 Å². The molecule has 0 saturated carbocycles. The molecule has 1 amide bonds. The highest BCUT2D eigenvalue weighted by atomic mass is 16.5. The molecule has 1 aromatic heterocycles. The van der Waals surface area contributed by atoms with Gasteiger partial charge < -0.3 is 14.7 Å². The molecule has 1 saturated heterocycles. The first kappa shape index (κ1) is 14.1. The minimum absolute atomic E-state index is 0.213. The van der Waals surface area contributed by atoms with Gasteiger partial charge in [-0.3, -0.25) is 4.98 Å². The molecule has 0 radical (unpaired) electrons. The number of rotatable bonds is 1. The Hall–Kier alpha value is -2.56. The van der Waals surface area contributed by atoms with Crippen LogP contribution in [0.3, 0.4) is 0 Å². The Balaban J connectivity index is 1.78. The average Bonchev–Trinajstić information content (AvgIpc) is 2.92. The fourth-order valence-electron chi connectivity index (χ4n) is 3.75. The van der Waals surface area contributed by atoms with Crippen molar-refractivity contribution in [2.24, 2.45) is 5.92 Å². The summed E-state index contributed by atoms with van der Waals surface area (Å²) in [6, 6.07) is 10.1. The lowest BCUT2D eigenvalue weighted by Crippen LogP contribution is -2.27. The Kier molecular flexibility index (Phi) is 3.41. The molecule has 2 atom stereocenters. The monoisotopic (exact) mass is 310 g/mol. The second-order valence-corrected chi connectivity index (χ2v) is 6.15. The van der Waals surface area contributed by atoms with Gasteiger partial charge in [-0.2, -0.15) is 0 Å². The van der Waals surface area contributed by atoms with Gasteiger partial charge in [0, 0.05) is 37.0 Å². The molecule has 2 aliphatic rings. The maximum Gasteiger partial charge on any atom is 0.407 e. The van der Waals surface area contributed by atoms with Crippen LogP contribution in [0.1, 0.15) is 17.9 Å². The van der Waals surface area contributed by atoms with Crippen molar-refractivity contribution in [2.75, 3.05) is 19.7 Å². The van der Waals surface area contributed by atoms with Gasteiger partial charge in [-0.1, -0.05) is 18.2 Å². The molecule has 23 heavy (non-hydrogen) atoms. The Bertz CT molecular complexity index is 732. The number of fused-ring (bicyclic) bond motifs is 3. The normalized spacial score (nSPS) is 22.7. The van der Waals surface area contributed by atoms with Crippen molar-refractivity contribution in [3.05, 3.63) is 48.3 Å². The summed E-state index contributed by atoms with van der Waals surface area (Å²) >= 11 is 0. The van der Waals surface area contributed by atoms with Crippen molar-refractivity contribution in [1.82, 2.24) is 9.88 Å². The van der Waals surface area contributed by atoms with E-state index >= 15 is 0 Å². The van der Waals surface area contributed by atoms with E-state index in [1.807, 2.05) is 18.2 Å². The van der Waals surface area contributed by atoms with Crippen LogP contribution in [0, 0.1) is 5.92 Å². The highest BCUT2D eigenvalue weighted by Crippen LogP contribution is 2.45. The number of pyridine rings is 1. The fourth-order valence-corrected chi connectivity index (χ4v) is 3.75. The Morgan fingerprint density at radius 3 is 2.83 bits per heavy atom. The van der Waals surface area contributed by atoms with Gasteiger partial charge in [0.1, 0.15) is 5.75 Å². The molecule has 0 unspecified atom stereocenters. The number of ether oxygens (including phenoxy) is 1. The summed E-state index contributed by atoms with van der Waals surface area (Å²) in [5.74, 6) is 1.45. The molecule has 4 rings (SSSR count). The van der Waals surface area contributed by atoms with Crippen LogP contribution in [0.15, 0.2) is 42.7 Å². The quantitative estimate of drug-likeness (QED) is 0.878. The summed E-state index contributed by atoms with van der Waals surface area (Å²) in [5, 5.41) is 9.30. The van der Waals surface area contributed by atoms with E-state index in [9.17, 15) is 9.90 Å². The first-order valence-electron chi connectivity index (χ1n) is 7.88. The van der Waals surface area contributed by atoms with Crippen LogP contribution in [0.25, 0.3) is 11.1 Å². The third-order valence-electron chi connectivity index (χ3n) is 4.88. The predicted octanol–water partition coefficient (Wildman–Crippen LogP) is 3.22. The average molecular weight is 310 g/mol. The van der Waals surface area contributed by atoms with Crippen molar-refractivity contribution in [3.63, 3.8) is 0 Å². The summed E-state index contributed by atoms with van der Waals surface area (Å²) in [4.78, 5) is 16.9. The largest absolute Gasteiger partial charge is 0.493 e. The van der Waals surface area contributed by atoms with E-state index in [1.54, 1.807) is 12.4 Å². The number of hydrogen-bond acceptors (Lipinski definition) is 3. The lowest BCUT2D eigenvalue weighted by molar-refractivity contribution is 0.152. The molecule has 2 aliphatic heterocycles. The van der Waals surface area contributed by atoms with Gasteiger partial charge in [0.05, 0.1) is 6.61 Å². The van der Waals surface area contributed by atoms with Gasteiger partial charge >= 0.3 is 6.09 Å². The molecular weight excluding hydrogens is 292 g/mol. The minimum Gasteiger partial charge on any atom is -0.493 e. The molecule has 118 valence electrons. The molecule has 0 bridgehead atoms. The van der Waals surface area contributed by atoms with Crippen LogP contribution in [0.4, 0.5) is 4.79 Å². The van der Waals surface area contributed by atoms with Crippen LogP contribution in [-0.2, 0) is 0 Å². The lowest BCUT2D eigenvalue weighted by Gasteiger charge is -2.18. The first-order valence-corrected chi connectivity index (χ1v) is 7.88. The van der Waals surface area contributed by atoms with Crippen LogP contribution >= 0.6 is 0 Å². The van der Waals surface area contributed by atoms with E-state index in [0.717, 1.165) is 28.9 Å². The van der Waals surface area contributed by atoms with Crippen molar-refractivity contribution >= 4 is 6.09 Å². The SMILES string of the molecule is O=C(O)N1C[C@@H]2CCOc3c(-c4ccncc4)cccc3[C@H]2C1. The third-order valence-corrected chi connectivity index (χ3v) is 4.88. The number of aromatic nitrogens is 1. The number of carboxylic acid groups (broad SMARTS) is 1. The van der Waals surface area contributed by atoms with Gasteiger partial charge in [-0.15, -0.1) is 0 Å².